The van der Waals surface area contributed by atoms with E-state index < -0.39 is 5.82 Å². The van der Waals surface area contributed by atoms with E-state index >= 15 is 0 Å². The van der Waals surface area contributed by atoms with Crippen molar-refractivity contribution >= 4 is 11.6 Å². The van der Waals surface area contributed by atoms with E-state index in [2.05, 4.69) is 0 Å². The van der Waals surface area contributed by atoms with E-state index in [1.165, 1.54) is 7.11 Å². The molecule has 1 aliphatic carbocycles. The molecule has 2 rings (SSSR count). The molecule has 0 saturated heterocycles. The number of benzene rings is 1. The predicted octanol–water partition coefficient (Wildman–Crippen LogP) is 2.87. The van der Waals surface area contributed by atoms with Gasteiger partial charge < -0.3 is 10.5 Å². The molecule has 0 aromatic heterocycles. The minimum absolute atomic E-state index is 0.0899. The molecule has 4 heteroatoms. The van der Waals surface area contributed by atoms with Crippen molar-refractivity contribution in [2.24, 2.45) is 5.73 Å². The van der Waals surface area contributed by atoms with Crippen molar-refractivity contribution in [2.75, 3.05) is 13.7 Å². The van der Waals surface area contributed by atoms with Crippen LogP contribution in [0.3, 0.4) is 0 Å². The van der Waals surface area contributed by atoms with Crippen molar-refractivity contribution in [2.45, 2.75) is 24.7 Å². The number of methoxy groups -OCH3 is 1. The number of nitrogens with two attached hydrogens (primary N) is 1. The van der Waals surface area contributed by atoms with Crippen molar-refractivity contribution in [1.29, 1.82) is 0 Å². The Morgan fingerprint density at radius 3 is 2.62 bits per heavy atom. The lowest BCUT2D eigenvalue weighted by molar-refractivity contribution is 0.240. The van der Waals surface area contributed by atoms with E-state index in [4.69, 9.17) is 22.1 Å². The molecular weight excluding hydrogens is 229 g/mol. The number of halogens is 2. The summed E-state index contributed by atoms with van der Waals surface area (Å²) in [5, 5.41) is 0.0899. The zero-order chi connectivity index (χ0) is 11.8. The summed E-state index contributed by atoms with van der Waals surface area (Å²) >= 11 is 5.73. The Bertz CT molecular complexity index is 399. The Morgan fingerprint density at radius 1 is 1.50 bits per heavy atom. The third-order valence-electron chi connectivity index (χ3n) is 3.53. The van der Waals surface area contributed by atoms with Crippen LogP contribution in [0.1, 0.15) is 24.8 Å². The van der Waals surface area contributed by atoms with Crippen molar-refractivity contribution in [3.05, 3.63) is 28.5 Å². The molecule has 88 valence electrons. The van der Waals surface area contributed by atoms with Crippen LogP contribution < -0.4 is 10.5 Å². The molecule has 0 heterocycles. The molecule has 0 amide bonds. The highest BCUT2D eigenvalue weighted by atomic mass is 35.5. The lowest BCUT2D eigenvalue weighted by atomic mass is 9.64. The van der Waals surface area contributed by atoms with E-state index in [1.807, 2.05) is 6.07 Å². The highest BCUT2D eigenvalue weighted by Gasteiger charge is 2.40. The van der Waals surface area contributed by atoms with Gasteiger partial charge in [-0.05, 0) is 18.9 Å². The van der Waals surface area contributed by atoms with Gasteiger partial charge in [-0.1, -0.05) is 24.1 Å². The average molecular weight is 244 g/mol. The summed E-state index contributed by atoms with van der Waals surface area (Å²) in [4.78, 5) is 0. The number of ether oxygens (including phenoxy) is 1. The second kappa shape index (κ2) is 4.22. The number of hydrogen-bond acceptors (Lipinski definition) is 2. The van der Waals surface area contributed by atoms with Gasteiger partial charge in [0.15, 0.2) is 11.6 Å². The topological polar surface area (TPSA) is 35.2 Å². The first-order chi connectivity index (χ1) is 7.64. The van der Waals surface area contributed by atoms with Gasteiger partial charge in [0, 0.05) is 17.5 Å². The number of rotatable bonds is 3. The Hall–Kier alpha value is -0.800. The smallest absolute Gasteiger partial charge is 0.183 e. The third-order valence-corrected chi connectivity index (χ3v) is 3.82. The summed E-state index contributed by atoms with van der Waals surface area (Å²) in [7, 11) is 1.46. The van der Waals surface area contributed by atoms with E-state index in [1.54, 1.807) is 6.07 Å². The average Bonchev–Trinajstić information content (AvgIpc) is 2.23. The van der Waals surface area contributed by atoms with Gasteiger partial charge in [-0.25, -0.2) is 4.39 Å². The standard InChI is InChI=1S/C12H15ClFNO/c1-16-11-8(3-4-9(13)10(11)14)12(7-15)5-2-6-12/h3-4H,2,5-7,15H2,1H3. The fourth-order valence-electron chi connectivity index (χ4n) is 2.34. The summed E-state index contributed by atoms with van der Waals surface area (Å²) in [6.45, 7) is 0.518. The van der Waals surface area contributed by atoms with Crippen LogP contribution in [0.15, 0.2) is 12.1 Å². The van der Waals surface area contributed by atoms with E-state index in [-0.39, 0.29) is 16.2 Å². The predicted molar refractivity (Wildman–Crippen MR) is 62.5 cm³/mol. The molecule has 1 saturated carbocycles. The van der Waals surface area contributed by atoms with Gasteiger partial charge in [-0.2, -0.15) is 0 Å². The maximum absolute atomic E-state index is 13.8. The quantitative estimate of drug-likeness (QED) is 0.886. The van der Waals surface area contributed by atoms with Gasteiger partial charge in [0.2, 0.25) is 0 Å². The molecule has 1 aliphatic rings. The molecular formula is C12H15ClFNO. The largest absolute Gasteiger partial charge is 0.493 e. The molecule has 16 heavy (non-hydrogen) atoms. The third kappa shape index (κ3) is 1.59. The lowest BCUT2D eigenvalue weighted by Crippen LogP contribution is -2.41. The summed E-state index contributed by atoms with van der Waals surface area (Å²) in [6, 6.07) is 3.40. The molecule has 2 nitrogen and oxygen atoms in total. The van der Waals surface area contributed by atoms with Crippen LogP contribution in [0.5, 0.6) is 5.75 Å². The molecule has 0 radical (unpaired) electrons. The molecule has 1 aromatic rings. The van der Waals surface area contributed by atoms with Gasteiger partial charge in [-0.15, -0.1) is 0 Å². The lowest BCUT2D eigenvalue weighted by Gasteiger charge is -2.42. The minimum Gasteiger partial charge on any atom is -0.493 e. The maximum atomic E-state index is 13.8. The molecule has 0 unspecified atom stereocenters. The second-order valence-electron chi connectivity index (χ2n) is 4.28. The minimum atomic E-state index is -0.485. The van der Waals surface area contributed by atoms with Gasteiger partial charge in [-0.3, -0.25) is 0 Å². The van der Waals surface area contributed by atoms with Gasteiger partial charge >= 0.3 is 0 Å². The Balaban J connectivity index is 2.52. The summed E-state index contributed by atoms with van der Waals surface area (Å²) < 4.78 is 18.9. The number of hydrogen-bond donors (Lipinski definition) is 1. The van der Waals surface area contributed by atoms with Crippen LogP contribution in [0, 0.1) is 5.82 Å². The van der Waals surface area contributed by atoms with Crippen molar-refractivity contribution in [3.63, 3.8) is 0 Å². The van der Waals surface area contributed by atoms with Crippen LogP contribution in [0.25, 0.3) is 0 Å². The van der Waals surface area contributed by atoms with Crippen molar-refractivity contribution in [3.8, 4) is 5.75 Å². The Morgan fingerprint density at radius 2 is 2.19 bits per heavy atom. The van der Waals surface area contributed by atoms with Crippen molar-refractivity contribution < 1.29 is 9.13 Å². The molecule has 0 aliphatic heterocycles. The highest BCUT2D eigenvalue weighted by Crippen LogP contribution is 2.47. The van der Waals surface area contributed by atoms with Crippen molar-refractivity contribution in [1.82, 2.24) is 0 Å². The zero-order valence-corrected chi connectivity index (χ0v) is 9.98. The molecule has 0 bridgehead atoms. The fraction of sp³-hybridized carbons (Fsp3) is 0.500. The second-order valence-corrected chi connectivity index (χ2v) is 4.69. The van der Waals surface area contributed by atoms with E-state index in [0.717, 1.165) is 24.8 Å². The van der Waals surface area contributed by atoms with Crippen LogP contribution in [-0.4, -0.2) is 13.7 Å². The van der Waals surface area contributed by atoms with Crippen LogP contribution in [0.2, 0.25) is 5.02 Å². The normalized spacial score (nSPS) is 18.0. The zero-order valence-electron chi connectivity index (χ0n) is 9.22. The Labute approximate surface area is 99.5 Å². The van der Waals surface area contributed by atoms with Gasteiger partial charge in [0.1, 0.15) is 0 Å². The van der Waals surface area contributed by atoms with Gasteiger partial charge in [0.05, 0.1) is 12.1 Å². The SMILES string of the molecule is COc1c(C2(CN)CCC2)ccc(Cl)c1F. The molecule has 0 atom stereocenters. The van der Waals surface area contributed by atoms with Crippen LogP contribution in [0.4, 0.5) is 4.39 Å². The molecule has 2 N–H and O–H groups in total. The summed E-state index contributed by atoms with van der Waals surface area (Å²) in [5.41, 5.74) is 6.54. The maximum Gasteiger partial charge on any atom is 0.183 e. The molecule has 1 fully saturated rings. The monoisotopic (exact) mass is 243 g/mol. The first-order valence-corrected chi connectivity index (χ1v) is 5.75. The van der Waals surface area contributed by atoms with Crippen LogP contribution >= 0.6 is 11.6 Å². The fourth-order valence-corrected chi connectivity index (χ4v) is 2.49. The van der Waals surface area contributed by atoms with E-state index in [0.29, 0.717) is 6.54 Å². The molecule has 0 spiro atoms. The van der Waals surface area contributed by atoms with E-state index in [9.17, 15) is 4.39 Å². The summed E-state index contributed by atoms with van der Waals surface area (Å²) in [5.74, 6) is -0.237. The first kappa shape index (κ1) is 11.7. The Kier molecular flexibility index (Phi) is 3.08. The summed E-state index contributed by atoms with van der Waals surface area (Å²) in [6.07, 6.45) is 3.10. The first-order valence-electron chi connectivity index (χ1n) is 5.37. The highest BCUT2D eigenvalue weighted by molar-refractivity contribution is 6.30. The van der Waals surface area contributed by atoms with Gasteiger partial charge in [0.25, 0.3) is 0 Å². The van der Waals surface area contributed by atoms with Crippen LogP contribution in [-0.2, 0) is 5.41 Å². The molecule has 1 aromatic carbocycles.